The number of carbonyl (C=O) groups excluding carboxylic acids is 1. The molecule has 1 aromatic carbocycles. The largest absolute Gasteiger partial charge is 0.460 e. The van der Waals surface area contributed by atoms with Crippen molar-refractivity contribution in [1.29, 1.82) is 0 Å². The Labute approximate surface area is 128 Å². The number of ether oxygens (including phenoxy) is 1. The minimum absolute atomic E-state index is 0.0712. The normalized spacial score (nSPS) is 15.5. The van der Waals surface area contributed by atoms with Gasteiger partial charge in [-0.3, -0.25) is 14.9 Å². The second kappa shape index (κ2) is 4.79. The first kappa shape index (κ1) is 19.1. The average molecular weight is 363 g/mol. The Balaban J connectivity index is 3.34. The third kappa shape index (κ3) is 5.66. The molecule has 1 aromatic rings. The summed E-state index contributed by atoms with van der Waals surface area (Å²) in [6.45, 7) is 4.43. The number of halogens is 5. The van der Waals surface area contributed by atoms with Crippen LogP contribution in [0.3, 0.4) is 0 Å². The fourth-order valence-electron chi connectivity index (χ4n) is 1.65. The Kier molecular flexibility index (Phi) is 3.99. The van der Waals surface area contributed by atoms with Crippen LogP contribution in [-0.2, 0) is 16.0 Å². The first-order chi connectivity index (χ1) is 9.89. The summed E-state index contributed by atoms with van der Waals surface area (Å²) in [7, 11) is -10.0. The van der Waals surface area contributed by atoms with Crippen LogP contribution in [0.25, 0.3) is 0 Å². The van der Waals surface area contributed by atoms with Gasteiger partial charge in [-0.2, -0.15) is 0 Å². The quantitative estimate of drug-likeness (QED) is 0.322. The van der Waals surface area contributed by atoms with E-state index in [2.05, 4.69) is 0 Å². The maximum absolute atomic E-state index is 12.8. The molecule has 23 heavy (non-hydrogen) atoms. The molecule has 0 N–H and O–H groups in total. The number of carbonyl (C=O) groups is 1. The molecule has 0 amide bonds. The van der Waals surface area contributed by atoms with Crippen LogP contribution < -0.4 is 0 Å². The van der Waals surface area contributed by atoms with Crippen molar-refractivity contribution in [3.8, 4) is 0 Å². The molecule has 11 heteroatoms. The molecule has 0 aliphatic heterocycles. The Morgan fingerprint density at radius 1 is 1.22 bits per heavy atom. The standard InChI is InChI=1S/C12H14F5NO4S/c1-12(2,3)22-11(19)7-8-6-9(23(13,14,15,16)17)4-5-10(8)18(20)21/h4-6H,7H2,1-3H3. The van der Waals surface area contributed by atoms with Crippen molar-refractivity contribution < 1.29 is 33.9 Å². The third-order valence-corrected chi connectivity index (χ3v) is 3.59. The van der Waals surface area contributed by atoms with Crippen molar-refractivity contribution >= 4 is 21.9 Å². The molecule has 0 aliphatic rings. The first-order valence-electron chi connectivity index (χ1n) is 6.12. The van der Waals surface area contributed by atoms with Crippen LogP contribution in [0, 0.1) is 10.1 Å². The maximum atomic E-state index is 12.8. The van der Waals surface area contributed by atoms with E-state index in [0.717, 1.165) is 0 Å². The van der Waals surface area contributed by atoms with Crippen molar-refractivity contribution in [2.75, 3.05) is 0 Å². The number of nitrogens with zero attached hydrogens (tertiary/aromatic N) is 1. The van der Waals surface area contributed by atoms with E-state index in [1.165, 1.54) is 20.8 Å². The lowest BCUT2D eigenvalue weighted by Gasteiger charge is -2.40. The molecule has 5 nitrogen and oxygen atoms in total. The molecule has 132 valence electrons. The number of nitro benzene ring substituents is 1. The second-order valence-corrected chi connectivity index (χ2v) is 8.19. The van der Waals surface area contributed by atoms with Crippen LogP contribution in [0.2, 0.25) is 0 Å². The number of hydrogen-bond acceptors (Lipinski definition) is 4. The minimum Gasteiger partial charge on any atom is -0.460 e. The number of nitro groups is 1. The van der Waals surface area contributed by atoms with Crippen LogP contribution in [0.1, 0.15) is 26.3 Å². The summed E-state index contributed by atoms with van der Waals surface area (Å²) in [5, 5.41) is 10.8. The van der Waals surface area contributed by atoms with Gasteiger partial charge in [0.2, 0.25) is 0 Å². The molecule has 0 atom stereocenters. The number of benzene rings is 1. The molecule has 0 heterocycles. The Bertz CT molecular complexity index is 666. The molecule has 0 bridgehead atoms. The van der Waals surface area contributed by atoms with E-state index in [9.17, 15) is 34.3 Å². The SMILES string of the molecule is CC(C)(C)OC(=O)Cc1cc(S(F)(F)(F)(F)F)ccc1[N+](=O)[O-]. The fourth-order valence-corrected chi connectivity index (χ4v) is 2.34. The van der Waals surface area contributed by atoms with Crippen LogP contribution in [0.4, 0.5) is 25.1 Å². The van der Waals surface area contributed by atoms with Crippen LogP contribution >= 0.6 is 10.2 Å². The maximum Gasteiger partial charge on any atom is 0.311 e. The van der Waals surface area contributed by atoms with E-state index in [4.69, 9.17) is 4.74 Å². The zero-order valence-corrected chi connectivity index (χ0v) is 13.1. The summed E-state index contributed by atoms with van der Waals surface area (Å²) in [5.41, 5.74) is -2.65. The molecule has 0 radical (unpaired) electrons. The lowest BCUT2D eigenvalue weighted by Crippen LogP contribution is -2.25. The molecule has 0 saturated heterocycles. The van der Waals surface area contributed by atoms with Gasteiger partial charge in [0.25, 0.3) is 5.69 Å². The van der Waals surface area contributed by atoms with Gasteiger partial charge in [0.1, 0.15) is 10.5 Å². The van der Waals surface area contributed by atoms with Crippen molar-refractivity contribution in [2.45, 2.75) is 37.7 Å². The molecule has 1 rings (SSSR count). The van der Waals surface area contributed by atoms with Gasteiger partial charge in [-0.05, 0) is 32.9 Å². The number of esters is 1. The van der Waals surface area contributed by atoms with E-state index in [1.54, 1.807) is 0 Å². The van der Waals surface area contributed by atoms with Gasteiger partial charge in [-0.15, -0.1) is 0 Å². The highest BCUT2D eigenvalue weighted by Gasteiger charge is 2.65. The van der Waals surface area contributed by atoms with Gasteiger partial charge in [-0.25, -0.2) is 0 Å². The summed E-state index contributed by atoms with van der Waals surface area (Å²) >= 11 is 0. The van der Waals surface area contributed by atoms with Crippen molar-refractivity contribution in [3.05, 3.63) is 33.9 Å². The highest BCUT2D eigenvalue weighted by molar-refractivity contribution is 8.45. The Morgan fingerprint density at radius 2 is 1.74 bits per heavy atom. The van der Waals surface area contributed by atoms with E-state index in [-0.39, 0.29) is 12.1 Å². The highest BCUT2D eigenvalue weighted by Crippen LogP contribution is 3.02. The summed E-state index contributed by atoms with van der Waals surface area (Å²) in [6.07, 6.45) is -0.935. The van der Waals surface area contributed by atoms with E-state index in [1.807, 2.05) is 0 Å². The fraction of sp³-hybridized carbons (Fsp3) is 0.417. The van der Waals surface area contributed by atoms with Gasteiger partial charge in [0, 0.05) is 11.6 Å². The molecular formula is C12H14F5NO4S. The van der Waals surface area contributed by atoms with Crippen LogP contribution in [-0.4, -0.2) is 16.5 Å². The zero-order chi connectivity index (χ0) is 18.3. The van der Waals surface area contributed by atoms with E-state index >= 15 is 0 Å². The number of rotatable bonds is 4. The topological polar surface area (TPSA) is 69.4 Å². The average Bonchev–Trinajstić information content (AvgIpc) is 2.22. The Morgan fingerprint density at radius 3 is 2.13 bits per heavy atom. The lowest BCUT2D eigenvalue weighted by molar-refractivity contribution is -0.385. The molecule has 0 aromatic heterocycles. The molecule has 0 aliphatic carbocycles. The smallest absolute Gasteiger partial charge is 0.311 e. The van der Waals surface area contributed by atoms with Gasteiger partial charge >= 0.3 is 16.2 Å². The lowest BCUT2D eigenvalue weighted by atomic mass is 10.1. The summed E-state index contributed by atoms with van der Waals surface area (Å²) < 4.78 is 68.7. The summed E-state index contributed by atoms with van der Waals surface area (Å²) in [5.74, 6) is -1.07. The molecule has 0 saturated carbocycles. The van der Waals surface area contributed by atoms with Crippen LogP contribution in [0.5, 0.6) is 0 Å². The van der Waals surface area contributed by atoms with Crippen molar-refractivity contribution in [1.82, 2.24) is 0 Å². The summed E-state index contributed by atoms with van der Waals surface area (Å²) in [4.78, 5) is 19.1. The molecule has 0 fully saturated rings. The Hall–Kier alpha value is -1.91. The van der Waals surface area contributed by atoms with Gasteiger partial charge < -0.3 is 4.74 Å². The van der Waals surface area contributed by atoms with Gasteiger partial charge in [0.05, 0.1) is 11.3 Å². The third-order valence-electron chi connectivity index (χ3n) is 2.45. The van der Waals surface area contributed by atoms with Gasteiger partial charge in [0.15, 0.2) is 0 Å². The highest BCUT2D eigenvalue weighted by atomic mass is 32.5. The minimum atomic E-state index is -10.0. The van der Waals surface area contributed by atoms with Gasteiger partial charge in [-0.1, -0.05) is 19.4 Å². The van der Waals surface area contributed by atoms with Crippen molar-refractivity contribution in [3.63, 3.8) is 0 Å². The van der Waals surface area contributed by atoms with Crippen molar-refractivity contribution in [2.24, 2.45) is 0 Å². The van der Waals surface area contributed by atoms with E-state index < -0.39 is 49.3 Å². The zero-order valence-electron chi connectivity index (χ0n) is 12.3. The predicted octanol–water partition coefficient (Wildman–Crippen LogP) is 5.14. The molecule has 0 unspecified atom stereocenters. The number of hydrogen-bond donors (Lipinski definition) is 0. The molecule has 0 spiro atoms. The van der Waals surface area contributed by atoms with Crippen LogP contribution in [0.15, 0.2) is 23.1 Å². The first-order valence-corrected chi connectivity index (χ1v) is 8.07. The summed E-state index contributed by atoms with van der Waals surface area (Å²) in [6, 6.07) is 0.148. The van der Waals surface area contributed by atoms with E-state index in [0.29, 0.717) is 6.07 Å². The second-order valence-electron chi connectivity index (χ2n) is 5.78. The predicted molar refractivity (Wildman–Crippen MR) is 74.0 cm³/mol. The monoisotopic (exact) mass is 363 g/mol. The molecular weight excluding hydrogens is 349 g/mol.